The Bertz CT molecular complexity index is 1240. The van der Waals surface area contributed by atoms with Gasteiger partial charge in [-0.15, -0.1) is 0 Å². The van der Waals surface area contributed by atoms with Gasteiger partial charge in [-0.05, 0) is 57.6 Å². The quantitative estimate of drug-likeness (QED) is 0.161. The molecular weight excluding hydrogens is 516 g/mol. The number of carbonyl (C=O) groups is 2. The Hall–Kier alpha value is -4.41. The fourth-order valence-corrected chi connectivity index (χ4v) is 3.55. The number of carbonyl (C=O) groups excluding carboxylic acids is 2. The molecule has 1 aromatic heterocycles. The first-order valence-corrected chi connectivity index (χ1v) is 14.1. The van der Waals surface area contributed by atoms with E-state index in [1.54, 1.807) is 41.4 Å². The summed E-state index contributed by atoms with van der Waals surface area (Å²) in [6, 6.07) is 9.17. The molecule has 0 bridgehead atoms. The van der Waals surface area contributed by atoms with E-state index < -0.39 is 0 Å². The molecule has 2 rings (SSSR count). The minimum absolute atomic E-state index is 0.0451. The fraction of sp³-hybridized carbons (Fsp3) is 0.452. The van der Waals surface area contributed by atoms with E-state index in [1.165, 1.54) is 0 Å². The van der Waals surface area contributed by atoms with Crippen molar-refractivity contribution in [3.05, 3.63) is 53.7 Å². The predicted molar refractivity (Wildman–Crippen MR) is 164 cm³/mol. The van der Waals surface area contributed by atoms with E-state index in [9.17, 15) is 9.59 Å². The van der Waals surface area contributed by atoms with Crippen LogP contribution in [-0.2, 0) is 9.59 Å². The number of unbranched alkanes of at least 4 members (excludes halogenated alkanes) is 2. The van der Waals surface area contributed by atoms with Crippen LogP contribution >= 0.6 is 0 Å². The molecule has 0 fully saturated rings. The molecule has 10 heteroatoms. The van der Waals surface area contributed by atoms with Crippen LogP contribution in [0.3, 0.4) is 0 Å². The third-order valence-corrected chi connectivity index (χ3v) is 5.78. The molecule has 1 aromatic carbocycles. The molecule has 0 radical (unpaired) electrons. The maximum absolute atomic E-state index is 12.5. The topological polar surface area (TPSA) is 126 Å². The second-order valence-electron chi connectivity index (χ2n) is 9.73. The summed E-state index contributed by atoms with van der Waals surface area (Å²) in [5, 5.41) is 18.3. The number of hydrogen-bond donors (Lipinski definition) is 3. The molecule has 0 spiro atoms. The van der Waals surface area contributed by atoms with Crippen LogP contribution in [0.1, 0.15) is 57.1 Å². The van der Waals surface area contributed by atoms with Gasteiger partial charge in [-0.2, -0.15) is 10.2 Å². The van der Waals surface area contributed by atoms with Gasteiger partial charge in [0.2, 0.25) is 17.8 Å². The van der Waals surface area contributed by atoms with Gasteiger partial charge in [-0.25, -0.2) is 4.98 Å². The zero-order valence-electron chi connectivity index (χ0n) is 24.7. The number of nitrogens with zero attached hydrogens (tertiary/aromatic N) is 5. The third-order valence-electron chi connectivity index (χ3n) is 5.78. The number of hydrogen-bond acceptors (Lipinski definition) is 8. The van der Waals surface area contributed by atoms with Crippen LogP contribution in [0.2, 0.25) is 0 Å². The van der Waals surface area contributed by atoms with Gasteiger partial charge in [-0.1, -0.05) is 38.2 Å². The second kappa shape index (κ2) is 18.8. The first kappa shape index (κ1) is 32.8. The van der Waals surface area contributed by atoms with Gasteiger partial charge in [0.15, 0.2) is 0 Å². The van der Waals surface area contributed by atoms with E-state index in [0.717, 1.165) is 31.5 Å². The highest BCUT2D eigenvalue weighted by molar-refractivity contribution is 5.91. The molecule has 218 valence electrons. The maximum atomic E-state index is 12.5. The van der Waals surface area contributed by atoms with Crippen molar-refractivity contribution < 1.29 is 9.59 Å². The van der Waals surface area contributed by atoms with Gasteiger partial charge in [-0.3, -0.25) is 9.59 Å². The Morgan fingerprint density at radius 2 is 1.85 bits per heavy atom. The van der Waals surface area contributed by atoms with Crippen LogP contribution in [0.15, 0.2) is 42.6 Å². The molecule has 0 aliphatic carbocycles. The molecule has 1 heterocycles. The summed E-state index contributed by atoms with van der Waals surface area (Å²) in [4.78, 5) is 37.5. The van der Waals surface area contributed by atoms with E-state index in [1.807, 2.05) is 25.1 Å². The van der Waals surface area contributed by atoms with Crippen molar-refractivity contribution >= 4 is 29.3 Å². The number of rotatable bonds is 16. The predicted octanol–water partition coefficient (Wildman–Crippen LogP) is 3.91. The lowest BCUT2D eigenvalue weighted by Gasteiger charge is -2.20. The molecule has 0 saturated heterocycles. The van der Waals surface area contributed by atoms with Crippen molar-refractivity contribution in [2.24, 2.45) is 0 Å². The maximum Gasteiger partial charge on any atom is 0.246 e. The molecule has 41 heavy (non-hydrogen) atoms. The smallest absolute Gasteiger partial charge is 0.246 e. The highest BCUT2D eigenvalue weighted by Crippen LogP contribution is 2.18. The van der Waals surface area contributed by atoms with Gasteiger partial charge in [0, 0.05) is 44.4 Å². The van der Waals surface area contributed by atoms with Crippen LogP contribution in [-0.4, -0.2) is 78.4 Å². The monoisotopic (exact) mass is 558 g/mol. The minimum Gasteiger partial charge on any atom is -0.369 e. The Kier molecular flexibility index (Phi) is 15.0. The first-order valence-electron chi connectivity index (χ1n) is 14.1. The van der Waals surface area contributed by atoms with Gasteiger partial charge >= 0.3 is 0 Å². The first-order chi connectivity index (χ1) is 19.9. The molecule has 0 atom stereocenters. The number of nitrogens with one attached hydrogen (secondary N) is 3. The summed E-state index contributed by atoms with van der Waals surface area (Å²) in [5.74, 6) is 7.04. The molecule has 10 nitrogen and oxygen atoms in total. The van der Waals surface area contributed by atoms with Crippen molar-refractivity contribution in [1.82, 2.24) is 25.1 Å². The van der Waals surface area contributed by atoms with Crippen LogP contribution in [0, 0.1) is 23.2 Å². The molecule has 0 aliphatic rings. The zero-order valence-corrected chi connectivity index (χ0v) is 24.7. The van der Waals surface area contributed by atoms with Crippen molar-refractivity contribution in [3.8, 4) is 17.9 Å². The van der Waals surface area contributed by atoms with E-state index in [0.29, 0.717) is 55.4 Å². The van der Waals surface area contributed by atoms with E-state index in [4.69, 9.17) is 5.26 Å². The second-order valence-corrected chi connectivity index (χ2v) is 9.73. The average Bonchev–Trinajstić information content (AvgIpc) is 2.96. The summed E-state index contributed by atoms with van der Waals surface area (Å²) in [5.41, 5.74) is 2.06. The van der Waals surface area contributed by atoms with Crippen molar-refractivity contribution in [3.63, 3.8) is 0 Å². The molecule has 2 amide bonds. The van der Waals surface area contributed by atoms with Crippen LogP contribution < -0.4 is 16.0 Å². The summed E-state index contributed by atoms with van der Waals surface area (Å²) in [7, 11) is 3.87. The number of nitriles is 1. The zero-order chi connectivity index (χ0) is 29.9. The van der Waals surface area contributed by atoms with E-state index in [2.05, 4.69) is 57.7 Å². The number of benzene rings is 1. The Morgan fingerprint density at radius 3 is 2.54 bits per heavy atom. The van der Waals surface area contributed by atoms with Crippen molar-refractivity contribution in [2.75, 3.05) is 57.5 Å². The number of amides is 2. The Morgan fingerprint density at radius 1 is 1.07 bits per heavy atom. The molecule has 3 N–H and O–H groups in total. The Labute approximate surface area is 244 Å². The van der Waals surface area contributed by atoms with E-state index >= 15 is 0 Å². The van der Waals surface area contributed by atoms with Gasteiger partial charge in [0.1, 0.15) is 5.82 Å². The van der Waals surface area contributed by atoms with E-state index in [-0.39, 0.29) is 18.4 Å². The largest absolute Gasteiger partial charge is 0.369 e. The number of aromatic nitrogens is 2. The lowest BCUT2D eigenvalue weighted by atomic mass is 10.2. The number of anilines is 3. The summed E-state index contributed by atoms with van der Waals surface area (Å²) in [6.07, 6.45) is 9.03. The fourth-order valence-electron chi connectivity index (χ4n) is 3.55. The summed E-state index contributed by atoms with van der Waals surface area (Å²) in [6.45, 7) is 6.63. The van der Waals surface area contributed by atoms with Gasteiger partial charge < -0.3 is 25.8 Å². The van der Waals surface area contributed by atoms with Gasteiger partial charge in [0.05, 0.1) is 29.9 Å². The van der Waals surface area contributed by atoms with Crippen LogP contribution in [0.5, 0.6) is 0 Å². The van der Waals surface area contributed by atoms with Crippen LogP contribution in [0.25, 0.3) is 0 Å². The van der Waals surface area contributed by atoms with Crippen molar-refractivity contribution in [2.45, 2.75) is 46.0 Å². The summed E-state index contributed by atoms with van der Waals surface area (Å²) < 4.78 is 0. The molecule has 0 saturated carbocycles. The lowest BCUT2D eigenvalue weighted by Crippen LogP contribution is -2.40. The van der Waals surface area contributed by atoms with Crippen molar-refractivity contribution in [1.29, 1.82) is 5.26 Å². The lowest BCUT2D eigenvalue weighted by molar-refractivity contribution is -0.132. The Balaban J connectivity index is 1.88. The third kappa shape index (κ3) is 13.0. The molecule has 0 unspecified atom stereocenters. The number of likely N-dealkylation sites (N-methyl/N-ethyl adjacent to an activating group) is 1. The molecule has 2 aromatic rings. The standard InChI is InChI=1S/C31H42N8O2/c1-5-7-21-39(29(41)13-11-20-38(3)4)24-28(40)33-19-10-8-9-12-26-23-35-31(37-30(26)34-18-6-2)36-27-16-14-25(22-32)15-17-27/h11,13-17,23H,5-8,10,18-21,24H2,1-4H3,(H,33,40)(H2,34,35,36,37). The summed E-state index contributed by atoms with van der Waals surface area (Å²) >= 11 is 0. The SMILES string of the molecule is CCCCN(CC(=O)NCCCC#Cc1cnc(Nc2ccc(C#N)cc2)nc1NCCC)C(=O)C=CCN(C)C. The van der Waals surface area contributed by atoms with Gasteiger partial charge in [0.25, 0.3) is 0 Å². The average molecular weight is 559 g/mol. The molecule has 0 aliphatic heterocycles. The minimum atomic E-state index is -0.173. The molecular formula is C31H42N8O2. The van der Waals surface area contributed by atoms with Crippen LogP contribution in [0.4, 0.5) is 17.5 Å². The normalized spacial score (nSPS) is 10.5. The highest BCUT2D eigenvalue weighted by atomic mass is 16.2. The highest BCUT2D eigenvalue weighted by Gasteiger charge is 2.14.